The van der Waals surface area contributed by atoms with Gasteiger partial charge in [0.2, 0.25) is 0 Å². The lowest BCUT2D eigenvalue weighted by Gasteiger charge is -2.07. The molecule has 2 rings (SSSR count). The minimum absolute atomic E-state index is 0.244. The van der Waals surface area contributed by atoms with Crippen molar-refractivity contribution < 1.29 is 12.9 Å². The van der Waals surface area contributed by atoms with Crippen LogP contribution in [-0.2, 0) is 11.4 Å². The van der Waals surface area contributed by atoms with E-state index in [1.54, 1.807) is 12.1 Å². The highest BCUT2D eigenvalue weighted by molar-refractivity contribution is 7.74. The molecule has 0 saturated heterocycles. The first kappa shape index (κ1) is 9.95. The Morgan fingerprint density at radius 3 is 2.67 bits per heavy atom. The number of anilines is 1. The van der Waals surface area contributed by atoms with Gasteiger partial charge in [0.05, 0.1) is 5.69 Å². The Balaban J connectivity index is 2.68. The highest BCUT2D eigenvalue weighted by atomic mass is 32.2. The molecule has 5 heteroatoms. The van der Waals surface area contributed by atoms with Crippen LogP contribution in [0.3, 0.4) is 0 Å². The summed E-state index contributed by atoms with van der Waals surface area (Å²) in [7, 11) is 0. The summed E-state index contributed by atoms with van der Waals surface area (Å²) in [4.78, 5) is 0. The van der Waals surface area contributed by atoms with E-state index in [0.29, 0.717) is 5.69 Å². The number of nitrogens with two attached hydrogens (primary N) is 1. The van der Waals surface area contributed by atoms with Crippen LogP contribution >= 0.6 is 0 Å². The maximum atomic E-state index is 10.6. The van der Waals surface area contributed by atoms with E-state index in [4.69, 9.17) is 14.5 Å². The molecule has 3 N–H and O–H groups in total. The Kier molecular flexibility index (Phi) is 2.57. The predicted octanol–water partition coefficient (Wildman–Crippen LogP) is 1.94. The van der Waals surface area contributed by atoms with Gasteiger partial charge in [-0.25, -0.2) is 0 Å². The monoisotopic (exact) mass is 223 g/mol. The molecule has 4 nitrogen and oxygen atoms in total. The van der Waals surface area contributed by atoms with Gasteiger partial charge < -0.3 is 9.92 Å². The van der Waals surface area contributed by atoms with Gasteiger partial charge in [-0.3, -0.25) is 4.55 Å². The van der Waals surface area contributed by atoms with Gasteiger partial charge in [-0.15, -0.1) is 0 Å². The molecule has 0 aromatic heterocycles. The van der Waals surface area contributed by atoms with E-state index < -0.39 is 11.4 Å². The van der Waals surface area contributed by atoms with Crippen LogP contribution in [0.5, 0.6) is 5.75 Å². The third-order valence-corrected chi connectivity index (χ3v) is 2.37. The second-order valence-corrected chi connectivity index (χ2v) is 3.61. The van der Waals surface area contributed by atoms with Crippen molar-refractivity contribution in [1.82, 2.24) is 0 Å². The van der Waals surface area contributed by atoms with Crippen LogP contribution in [-0.4, -0.2) is 8.76 Å². The van der Waals surface area contributed by atoms with Crippen LogP contribution in [0.4, 0.5) is 5.69 Å². The molecular formula is C10H9NO3S. The van der Waals surface area contributed by atoms with Gasteiger partial charge in [-0.1, -0.05) is 30.3 Å². The minimum Gasteiger partial charge on any atom is -0.396 e. The van der Waals surface area contributed by atoms with Crippen molar-refractivity contribution in [2.45, 2.75) is 0 Å². The van der Waals surface area contributed by atoms with Gasteiger partial charge >= 0.3 is 11.4 Å². The topological polar surface area (TPSA) is 72.5 Å². The summed E-state index contributed by atoms with van der Waals surface area (Å²) < 4.78 is 24.0. The van der Waals surface area contributed by atoms with Gasteiger partial charge in [0, 0.05) is 5.39 Å². The maximum Gasteiger partial charge on any atom is 0.357 e. The molecule has 1 unspecified atom stereocenters. The molecule has 0 radical (unpaired) electrons. The Labute approximate surface area is 89.2 Å². The van der Waals surface area contributed by atoms with Crippen molar-refractivity contribution in [3.63, 3.8) is 0 Å². The molecule has 0 fully saturated rings. The number of hydrogen-bond acceptors (Lipinski definition) is 3. The molecular weight excluding hydrogens is 214 g/mol. The molecule has 2 aromatic carbocycles. The zero-order valence-electron chi connectivity index (χ0n) is 7.71. The Morgan fingerprint density at radius 1 is 1.20 bits per heavy atom. The first-order valence-corrected chi connectivity index (χ1v) is 5.28. The first-order valence-electron chi connectivity index (χ1n) is 4.25. The van der Waals surface area contributed by atoms with E-state index >= 15 is 0 Å². The maximum absolute atomic E-state index is 10.6. The smallest absolute Gasteiger partial charge is 0.357 e. The van der Waals surface area contributed by atoms with Crippen molar-refractivity contribution in [2.24, 2.45) is 0 Å². The molecule has 78 valence electrons. The highest BCUT2D eigenvalue weighted by Crippen LogP contribution is 2.31. The molecule has 0 spiro atoms. The average Bonchev–Trinajstić information content (AvgIpc) is 2.22. The van der Waals surface area contributed by atoms with Gasteiger partial charge in [-0.2, -0.15) is 4.21 Å². The van der Waals surface area contributed by atoms with Crippen LogP contribution in [0.2, 0.25) is 0 Å². The summed E-state index contributed by atoms with van der Waals surface area (Å²) in [6.07, 6.45) is 0. The number of rotatable bonds is 2. The minimum atomic E-state index is -2.36. The number of nitrogen functional groups attached to an aromatic ring is 1. The van der Waals surface area contributed by atoms with Crippen LogP contribution in [0.15, 0.2) is 36.4 Å². The molecule has 0 aliphatic heterocycles. The molecule has 0 aliphatic rings. The summed E-state index contributed by atoms with van der Waals surface area (Å²) in [5.41, 5.74) is 6.01. The lowest BCUT2D eigenvalue weighted by Crippen LogP contribution is -2.01. The Morgan fingerprint density at radius 2 is 1.93 bits per heavy atom. The number of hydrogen-bond donors (Lipinski definition) is 2. The van der Waals surface area contributed by atoms with E-state index in [9.17, 15) is 4.21 Å². The zero-order chi connectivity index (χ0) is 10.8. The van der Waals surface area contributed by atoms with Gasteiger partial charge in [0.1, 0.15) is 0 Å². The van der Waals surface area contributed by atoms with Crippen molar-refractivity contribution in [3.8, 4) is 5.75 Å². The van der Waals surface area contributed by atoms with Crippen LogP contribution in [0.25, 0.3) is 10.8 Å². The lowest BCUT2D eigenvalue weighted by atomic mass is 10.1. The quantitative estimate of drug-likeness (QED) is 0.602. The average molecular weight is 223 g/mol. The van der Waals surface area contributed by atoms with E-state index in [2.05, 4.69) is 0 Å². The molecule has 0 heterocycles. The number of fused-ring (bicyclic) bond motifs is 1. The van der Waals surface area contributed by atoms with Crippen LogP contribution in [0, 0.1) is 0 Å². The van der Waals surface area contributed by atoms with Crippen LogP contribution < -0.4 is 9.92 Å². The fraction of sp³-hybridized carbons (Fsp3) is 0. The summed E-state index contributed by atoms with van der Waals surface area (Å²) in [6.45, 7) is 0. The first-order chi connectivity index (χ1) is 7.18. The zero-order valence-corrected chi connectivity index (χ0v) is 8.53. The second kappa shape index (κ2) is 3.88. The Bertz CT molecular complexity index is 527. The number of benzene rings is 2. The van der Waals surface area contributed by atoms with Gasteiger partial charge in [-0.05, 0) is 11.5 Å². The Hall–Kier alpha value is -1.59. The fourth-order valence-electron chi connectivity index (χ4n) is 1.42. The fourth-order valence-corrected chi connectivity index (χ4v) is 1.75. The molecule has 0 amide bonds. The van der Waals surface area contributed by atoms with Gasteiger partial charge in [0.25, 0.3) is 0 Å². The molecule has 0 bridgehead atoms. The highest BCUT2D eigenvalue weighted by Gasteiger charge is 2.08. The second-order valence-electron chi connectivity index (χ2n) is 3.01. The standard InChI is InChI=1S/C10H9NO3S/c11-9-6-5-7-3-1-2-4-8(7)10(9)14-15(12)13/h1-6H,11H2,(H,12,13). The van der Waals surface area contributed by atoms with E-state index in [1.807, 2.05) is 24.3 Å². The molecule has 15 heavy (non-hydrogen) atoms. The molecule has 0 aliphatic carbocycles. The van der Waals surface area contributed by atoms with Crippen molar-refractivity contribution in [2.75, 3.05) is 5.73 Å². The van der Waals surface area contributed by atoms with Gasteiger partial charge in [0.15, 0.2) is 5.75 Å². The summed E-state index contributed by atoms with van der Waals surface area (Å²) >= 11 is -2.36. The third kappa shape index (κ3) is 1.93. The normalized spacial score (nSPS) is 12.6. The molecule has 2 aromatic rings. The van der Waals surface area contributed by atoms with Crippen molar-refractivity contribution >= 4 is 27.8 Å². The van der Waals surface area contributed by atoms with Crippen molar-refractivity contribution in [3.05, 3.63) is 36.4 Å². The summed E-state index contributed by atoms with van der Waals surface area (Å²) in [5.74, 6) is 0.244. The summed E-state index contributed by atoms with van der Waals surface area (Å²) in [6, 6.07) is 10.8. The largest absolute Gasteiger partial charge is 0.396 e. The third-order valence-electron chi connectivity index (χ3n) is 2.06. The summed E-state index contributed by atoms with van der Waals surface area (Å²) in [5, 5.41) is 1.63. The predicted molar refractivity (Wildman–Crippen MR) is 59.8 cm³/mol. The van der Waals surface area contributed by atoms with E-state index in [-0.39, 0.29) is 5.75 Å². The van der Waals surface area contributed by atoms with Crippen molar-refractivity contribution in [1.29, 1.82) is 0 Å². The van der Waals surface area contributed by atoms with Crippen LogP contribution in [0.1, 0.15) is 0 Å². The lowest BCUT2D eigenvalue weighted by molar-refractivity contribution is 0.461. The SMILES string of the molecule is Nc1ccc2ccccc2c1OS(=O)O. The van der Waals surface area contributed by atoms with E-state index in [0.717, 1.165) is 10.8 Å². The molecule has 0 saturated carbocycles. The van der Waals surface area contributed by atoms with E-state index in [1.165, 1.54) is 0 Å². The molecule has 1 atom stereocenters.